The molecule has 10 heavy (non-hydrogen) atoms. The third kappa shape index (κ3) is 1.60. The van der Waals surface area contributed by atoms with Crippen molar-refractivity contribution in [3.05, 3.63) is 11.1 Å². The highest BCUT2D eigenvalue weighted by atomic mass is 16.5. The summed E-state index contributed by atoms with van der Waals surface area (Å²) >= 11 is 0. The first-order valence-corrected chi connectivity index (χ1v) is 3.98. The van der Waals surface area contributed by atoms with E-state index in [1.807, 2.05) is 0 Å². The summed E-state index contributed by atoms with van der Waals surface area (Å²) in [6.07, 6.45) is 1.13. The van der Waals surface area contributed by atoms with Crippen LogP contribution in [0.15, 0.2) is 11.1 Å². The summed E-state index contributed by atoms with van der Waals surface area (Å²) in [5.41, 5.74) is 3.05. The van der Waals surface area contributed by atoms with Gasteiger partial charge in [0.25, 0.3) is 0 Å². The molecule has 0 aromatic rings. The van der Waals surface area contributed by atoms with E-state index in [0.717, 1.165) is 19.6 Å². The summed E-state index contributed by atoms with van der Waals surface area (Å²) in [5, 5.41) is 0. The highest BCUT2D eigenvalue weighted by Gasteiger charge is 2.11. The molecular formula is C9H16O. The van der Waals surface area contributed by atoms with Gasteiger partial charge in [-0.1, -0.05) is 19.4 Å². The van der Waals surface area contributed by atoms with Crippen LogP contribution < -0.4 is 0 Å². The molecule has 0 saturated heterocycles. The molecule has 0 bridgehead atoms. The van der Waals surface area contributed by atoms with Crippen LogP contribution in [0.25, 0.3) is 0 Å². The van der Waals surface area contributed by atoms with Crippen LogP contribution in [0.4, 0.5) is 0 Å². The van der Waals surface area contributed by atoms with Crippen molar-refractivity contribution in [2.75, 3.05) is 13.2 Å². The minimum atomic E-state index is 0.667. The first kappa shape index (κ1) is 7.80. The molecule has 1 aliphatic heterocycles. The Hall–Kier alpha value is -0.300. The zero-order chi connectivity index (χ0) is 7.56. The lowest BCUT2D eigenvalue weighted by molar-refractivity contribution is 0.140. The second-order valence-corrected chi connectivity index (χ2v) is 3.26. The zero-order valence-electron chi connectivity index (χ0n) is 7.11. The average Bonchev–Trinajstić information content (AvgIpc) is 1.88. The maximum Gasteiger partial charge on any atom is 0.0681 e. The van der Waals surface area contributed by atoms with Crippen molar-refractivity contribution in [2.24, 2.45) is 5.92 Å². The van der Waals surface area contributed by atoms with Crippen LogP contribution in [0.3, 0.4) is 0 Å². The molecule has 1 rings (SSSR count). The minimum Gasteiger partial charge on any atom is -0.377 e. The number of ether oxygens (including phenoxy) is 1. The molecule has 1 heteroatoms. The van der Waals surface area contributed by atoms with Crippen LogP contribution >= 0.6 is 0 Å². The SMILES string of the molecule is CC1=C(C(C)C)COCC1. The van der Waals surface area contributed by atoms with Gasteiger partial charge in [0.05, 0.1) is 13.2 Å². The second-order valence-electron chi connectivity index (χ2n) is 3.26. The Labute approximate surface area is 63.1 Å². The molecule has 0 saturated carbocycles. The molecule has 0 aromatic carbocycles. The highest BCUT2D eigenvalue weighted by molar-refractivity contribution is 5.16. The van der Waals surface area contributed by atoms with E-state index in [2.05, 4.69) is 20.8 Å². The Morgan fingerprint density at radius 1 is 1.40 bits per heavy atom. The van der Waals surface area contributed by atoms with E-state index in [1.54, 1.807) is 5.57 Å². The van der Waals surface area contributed by atoms with Crippen LogP contribution in [0.2, 0.25) is 0 Å². The van der Waals surface area contributed by atoms with Crippen LogP contribution in [0.1, 0.15) is 27.2 Å². The fraction of sp³-hybridized carbons (Fsp3) is 0.778. The first-order chi connectivity index (χ1) is 4.72. The quantitative estimate of drug-likeness (QED) is 0.508. The van der Waals surface area contributed by atoms with E-state index in [9.17, 15) is 0 Å². The zero-order valence-corrected chi connectivity index (χ0v) is 7.11. The number of rotatable bonds is 1. The summed E-state index contributed by atoms with van der Waals surface area (Å²) in [4.78, 5) is 0. The summed E-state index contributed by atoms with van der Waals surface area (Å²) in [7, 11) is 0. The molecular weight excluding hydrogens is 124 g/mol. The van der Waals surface area contributed by atoms with Gasteiger partial charge in [-0.25, -0.2) is 0 Å². The van der Waals surface area contributed by atoms with E-state index in [4.69, 9.17) is 4.74 Å². The van der Waals surface area contributed by atoms with Gasteiger partial charge in [0, 0.05) is 0 Å². The normalized spacial score (nSPS) is 20.4. The molecule has 0 aliphatic carbocycles. The molecule has 0 N–H and O–H groups in total. The second kappa shape index (κ2) is 3.20. The van der Waals surface area contributed by atoms with Gasteiger partial charge < -0.3 is 4.74 Å². The molecule has 0 spiro atoms. The van der Waals surface area contributed by atoms with E-state index in [-0.39, 0.29) is 0 Å². The third-order valence-electron chi connectivity index (χ3n) is 2.12. The van der Waals surface area contributed by atoms with Crippen molar-refractivity contribution < 1.29 is 4.74 Å². The summed E-state index contributed by atoms with van der Waals surface area (Å²) in [5.74, 6) is 0.667. The Morgan fingerprint density at radius 3 is 2.50 bits per heavy atom. The predicted molar refractivity (Wildman–Crippen MR) is 43.0 cm³/mol. The molecule has 1 aliphatic rings. The van der Waals surface area contributed by atoms with Crippen molar-refractivity contribution in [3.63, 3.8) is 0 Å². The Bertz CT molecular complexity index is 145. The molecule has 0 unspecified atom stereocenters. The van der Waals surface area contributed by atoms with Gasteiger partial charge in [-0.2, -0.15) is 0 Å². The maximum atomic E-state index is 5.36. The van der Waals surface area contributed by atoms with Gasteiger partial charge in [0.15, 0.2) is 0 Å². The van der Waals surface area contributed by atoms with Crippen LogP contribution in [0, 0.1) is 5.92 Å². The lowest BCUT2D eigenvalue weighted by atomic mass is 9.96. The van der Waals surface area contributed by atoms with Gasteiger partial charge in [0.1, 0.15) is 0 Å². The van der Waals surface area contributed by atoms with Gasteiger partial charge in [-0.3, -0.25) is 0 Å². The third-order valence-corrected chi connectivity index (χ3v) is 2.12. The van der Waals surface area contributed by atoms with E-state index < -0.39 is 0 Å². The lowest BCUT2D eigenvalue weighted by Crippen LogP contribution is -2.13. The summed E-state index contributed by atoms with van der Waals surface area (Å²) in [6.45, 7) is 8.46. The number of hydrogen-bond acceptors (Lipinski definition) is 1. The highest BCUT2D eigenvalue weighted by Crippen LogP contribution is 2.21. The van der Waals surface area contributed by atoms with Gasteiger partial charge in [0.2, 0.25) is 0 Å². The largest absolute Gasteiger partial charge is 0.377 e. The standard InChI is InChI=1S/C9H16O/c1-7(2)9-6-10-5-4-8(9)3/h7H,4-6H2,1-3H3. The lowest BCUT2D eigenvalue weighted by Gasteiger charge is -2.20. The molecule has 0 atom stereocenters. The Morgan fingerprint density at radius 2 is 2.10 bits per heavy atom. The number of hydrogen-bond donors (Lipinski definition) is 0. The molecule has 0 aromatic heterocycles. The van der Waals surface area contributed by atoms with Crippen molar-refractivity contribution in [2.45, 2.75) is 27.2 Å². The molecule has 1 heterocycles. The van der Waals surface area contributed by atoms with Crippen molar-refractivity contribution in [1.82, 2.24) is 0 Å². The summed E-state index contributed by atoms with van der Waals surface area (Å²) in [6, 6.07) is 0. The van der Waals surface area contributed by atoms with Gasteiger partial charge in [-0.15, -0.1) is 0 Å². The minimum absolute atomic E-state index is 0.667. The fourth-order valence-corrected chi connectivity index (χ4v) is 1.35. The van der Waals surface area contributed by atoms with Gasteiger partial charge in [-0.05, 0) is 24.8 Å². The van der Waals surface area contributed by atoms with Crippen molar-refractivity contribution in [3.8, 4) is 0 Å². The average molecular weight is 140 g/mol. The van der Waals surface area contributed by atoms with Crippen LogP contribution in [-0.4, -0.2) is 13.2 Å². The van der Waals surface area contributed by atoms with E-state index in [1.165, 1.54) is 5.57 Å². The van der Waals surface area contributed by atoms with Gasteiger partial charge >= 0.3 is 0 Å². The molecule has 1 nitrogen and oxygen atoms in total. The predicted octanol–water partition coefficient (Wildman–Crippen LogP) is 2.38. The molecule has 0 fully saturated rings. The fourth-order valence-electron chi connectivity index (χ4n) is 1.35. The Kier molecular flexibility index (Phi) is 2.50. The van der Waals surface area contributed by atoms with E-state index in [0.29, 0.717) is 5.92 Å². The maximum absolute atomic E-state index is 5.36. The van der Waals surface area contributed by atoms with Crippen molar-refractivity contribution >= 4 is 0 Å². The summed E-state index contributed by atoms with van der Waals surface area (Å²) < 4.78 is 5.36. The first-order valence-electron chi connectivity index (χ1n) is 3.98. The molecule has 0 amide bonds. The monoisotopic (exact) mass is 140 g/mol. The molecule has 58 valence electrons. The van der Waals surface area contributed by atoms with Crippen LogP contribution in [-0.2, 0) is 4.74 Å². The molecule has 0 radical (unpaired) electrons. The van der Waals surface area contributed by atoms with Crippen LogP contribution in [0.5, 0.6) is 0 Å². The van der Waals surface area contributed by atoms with E-state index >= 15 is 0 Å². The Balaban J connectivity index is 2.68. The topological polar surface area (TPSA) is 9.23 Å². The van der Waals surface area contributed by atoms with Crippen molar-refractivity contribution in [1.29, 1.82) is 0 Å². The smallest absolute Gasteiger partial charge is 0.0681 e.